The largest absolute Gasteiger partial charge is 0.326 e. The minimum atomic E-state index is -0.249. The summed E-state index contributed by atoms with van der Waals surface area (Å²) in [5, 5.41) is 7.15. The lowest BCUT2D eigenvalue weighted by Gasteiger charge is -2.17. The van der Waals surface area contributed by atoms with E-state index in [1.165, 1.54) is 5.56 Å². The highest BCUT2D eigenvalue weighted by atomic mass is 16.2. The predicted octanol–water partition coefficient (Wildman–Crippen LogP) is 3.88. The van der Waals surface area contributed by atoms with E-state index in [0.29, 0.717) is 0 Å². The SMILES string of the molecule is Cc1ccc(NC(=O)CCC(=O)NN=C2CCCc3ccccc32)c(C)c1. The number of rotatable bonds is 5. The molecule has 0 fully saturated rings. The van der Waals surface area contributed by atoms with Crippen LogP contribution in [0.25, 0.3) is 0 Å². The number of hydrogen-bond acceptors (Lipinski definition) is 3. The first-order chi connectivity index (χ1) is 13.0. The van der Waals surface area contributed by atoms with Crippen LogP contribution in [0.5, 0.6) is 0 Å². The molecule has 2 aromatic rings. The van der Waals surface area contributed by atoms with Gasteiger partial charge < -0.3 is 5.32 Å². The van der Waals surface area contributed by atoms with Crippen molar-refractivity contribution in [1.82, 2.24) is 5.43 Å². The minimum absolute atomic E-state index is 0.106. The Balaban J connectivity index is 1.51. The lowest BCUT2D eigenvalue weighted by atomic mass is 9.90. The molecule has 0 saturated carbocycles. The van der Waals surface area contributed by atoms with E-state index in [9.17, 15) is 9.59 Å². The molecule has 5 heteroatoms. The number of anilines is 1. The predicted molar refractivity (Wildman–Crippen MR) is 108 cm³/mol. The molecule has 0 aromatic heterocycles. The van der Waals surface area contributed by atoms with Gasteiger partial charge in [-0.3, -0.25) is 9.59 Å². The maximum absolute atomic E-state index is 12.1. The second-order valence-corrected chi connectivity index (χ2v) is 6.97. The molecule has 0 spiro atoms. The van der Waals surface area contributed by atoms with E-state index in [2.05, 4.69) is 21.9 Å². The van der Waals surface area contributed by atoms with Crippen molar-refractivity contribution >= 4 is 23.2 Å². The Bertz CT molecular complexity index is 887. The second-order valence-electron chi connectivity index (χ2n) is 6.97. The van der Waals surface area contributed by atoms with Gasteiger partial charge in [0.25, 0.3) is 0 Å². The molecule has 2 amide bonds. The summed E-state index contributed by atoms with van der Waals surface area (Å²) in [6.45, 7) is 3.96. The molecule has 140 valence electrons. The Hall–Kier alpha value is -2.95. The molecule has 0 saturated heterocycles. The van der Waals surface area contributed by atoms with Crippen LogP contribution in [0.2, 0.25) is 0 Å². The van der Waals surface area contributed by atoms with E-state index in [-0.39, 0.29) is 24.7 Å². The summed E-state index contributed by atoms with van der Waals surface area (Å²) in [6, 6.07) is 14.0. The van der Waals surface area contributed by atoms with Crippen LogP contribution in [0.4, 0.5) is 5.69 Å². The van der Waals surface area contributed by atoms with Gasteiger partial charge in [-0.15, -0.1) is 0 Å². The molecular formula is C22H25N3O2. The van der Waals surface area contributed by atoms with Crippen LogP contribution in [0, 0.1) is 13.8 Å². The van der Waals surface area contributed by atoms with Crippen LogP contribution < -0.4 is 10.7 Å². The summed E-state index contributed by atoms with van der Waals surface area (Å²) in [5.41, 5.74) is 8.82. The van der Waals surface area contributed by atoms with Crippen molar-refractivity contribution in [2.24, 2.45) is 5.10 Å². The molecule has 27 heavy (non-hydrogen) atoms. The number of hydrazone groups is 1. The Morgan fingerprint density at radius 3 is 2.59 bits per heavy atom. The zero-order chi connectivity index (χ0) is 19.2. The fourth-order valence-corrected chi connectivity index (χ4v) is 3.30. The molecular weight excluding hydrogens is 338 g/mol. The zero-order valence-electron chi connectivity index (χ0n) is 15.8. The third kappa shape index (κ3) is 5.03. The second kappa shape index (κ2) is 8.62. The fourth-order valence-electron chi connectivity index (χ4n) is 3.30. The Kier molecular flexibility index (Phi) is 6.01. The summed E-state index contributed by atoms with van der Waals surface area (Å²) in [4.78, 5) is 24.2. The molecule has 0 aliphatic heterocycles. The summed E-state index contributed by atoms with van der Waals surface area (Å²) < 4.78 is 0. The molecule has 0 heterocycles. The molecule has 3 rings (SSSR count). The summed E-state index contributed by atoms with van der Waals surface area (Å²) in [6.07, 6.45) is 3.16. The molecule has 5 nitrogen and oxygen atoms in total. The quantitative estimate of drug-likeness (QED) is 0.792. The van der Waals surface area contributed by atoms with Gasteiger partial charge in [0.1, 0.15) is 0 Å². The van der Waals surface area contributed by atoms with Crippen molar-refractivity contribution in [2.45, 2.75) is 46.0 Å². The maximum atomic E-state index is 12.1. The third-order valence-electron chi connectivity index (χ3n) is 4.74. The van der Waals surface area contributed by atoms with E-state index in [0.717, 1.165) is 47.4 Å². The van der Waals surface area contributed by atoms with Crippen LogP contribution in [0.15, 0.2) is 47.6 Å². The summed E-state index contributed by atoms with van der Waals surface area (Å²) in [5.74, 6) is -0.422. The number of nitrogens with one attached hydrogen (secondary N) is 2. The maximum Gasteiger partial charge on any atom is 0.240 e. The van der Waals surface area contributed by atoms with Crippen molar-refractivity contribution in [3.63, 3.8) is 0 Å². The lowest BCUT2D eigenvalue weighted by molar-refractivity contribution is -0.124. The van der Waals surface area contributed by atoms with Gasteiger partial charge in [0.2, 0.25) is 11.8 Å². The average molecular weight is 363 g/mol. The minimum Gasteiger partial charge on any atom is -0.326 e. The van der Waals surface area contributed by atoms with Crippen molar-refractivity contribution in [1.29, 1.82) is 0 Å². The number of fused-ring (bicyclic) bond motifs is 1. The van der Waals surface area contributed by atoms with Gasteiger partial charge >= 0.3 is 0 Å². The topological polar surface area (TPSA) is 70.6 Å². The monoisotopic (exact) mass is 363 g/mol. The number of hydrogen-bond donors (Lipinski definition) is 2. The van der Waals surface area contributed by atoms with Crippen LogP contribution >= 0.6 is 0 Å². The first-order valence-electron chi connectivity index (χ1n) is 9.34. The summed E-state index contributed by atoms with van der Waals surface area (Å²) >= 11 is 0. The molecule has 1 aliphatic carbocycles. The van der Waals surface area contributed by atoms with Crippen molar-refractivity contribution in [3.05, 3.63) is 64.7 Å². The molecule has 0 bridgehead atoms. The van der Waals surface area contributed by atoms with E-state index >= 15 is 0 Å². The normalized spacial score (nSPS) is 14.5. The fraction of sp³-hybridized carbons (Fsp3) is 0.318. The van der Waals surface area contributed by atoms with Crippen molar-refractivity contribution in [2.75, 3.05) is 5.32 Å². The Labute approximate surface area is 159 Å². The van der Waals surface area contributed by atoms with Crippen molar-refractivity contribution in [3.8, 4) is 0 Å². The van der Waals surface area contributed by atoms with Gasteiger partial charge in [-0.2, -0.15) is 5.10 Å². The first-order valence-corrected chi connectivity index (χ1v) is 9.34. The number of aryl methyl sites for hydroxylation is 3. The average Bonchev–Trinajstić information content (AvgIpc) is 2.67. The molecule has 1 aliphatic rings. The van der Waals surface area contributed by atoms with Gasteiger partial charge in [0.15, 0.2) is 0 Å². The van der Waals surface area contributed by atoms with E-state index in [1.54, 1.807) is 0 Å². The molecule has 0 atom stereocenters. The smallest absolute Gasteiger partial charge is 0.240 e. The number of amides is 2. The van der Waals surface area contributed by atoms with E-state index in [1.807, 2.05) is 50.2 Å². The highest BCUT2D eigenvalue weighted by Gasteiger charge is 2.15. The number of carbonyl (C=O) groups excluding carboxylic acids is 2. The molecule has 0 radical (unpaired) electrons. The summed E-state index contributed by atoms with van der Waals surface area (Å²) in [7, 11) is 0. The lowest BCUT2D eigenvalue weighted by Crippen LogP contribution is -2.23. The van der Waals surface area contributed by atoms with E-state index in [4.69, 9.17) is 0 Å². The van der Waals surface area contributed by atoms with Gasteiger partial charge in [0.05, 0.1) is 5.71 Å². The third-order valence-corrected chi connectivity index (χ3v) is 4.74. The highest BCUT2D eigenvalue weighted by molar-refractivity contribution is 6.03. The highest BCUT2D eigenvalue weighted by Crippen LogP contribution is 2.21. The van der Waals surface area contributed by atoms with Gasteiger partial charge in [-0.25, -0.2) is 5.43 Å². The van der Waals surface area contributed by atoms with Gasteiger partial charge in [0, 0.05) is 24.1 Å². The van der Waals surface area contributed by atoms with Crippen LogP contribution in [0.3, 0.4) is 0 Å². The van der Waals surface area contributed by atoms with Gasteiger partial charge in [-0.05, 0) is 50.3 Å². The molecule has 2 N–H and O–H groups in total. The van der Waals surface area contributed by atoms with Crippen LogP contribution in [-0.4, -0.2) is 17.5 Å². The van der Waals surface area contributed by atoms with Gasteiger partial charge in [-0.1, -0.05) is 42.0 Å². The molecule has 2 aromatic carbocycles. The first kappa shape index (κ1) is 18.8. The number of carbonyl (C=O) groups is 2. The zero-order valence-corrected chi connectivity index (χ0v) is 15.8. The number of benzene rings is 2. The van der Waals surface area contributed by atoms with Crippen LogP contribution in [0.1, 0.15) is 47.9 Å². The Morgan fingerprint density at radius 2 is 1.78 bits per heavy atom. The van der Waals surface area contributed by atoms with Crippen LogP contribution in [-0.2, 0) is 16.0 Å². The van der Waals surface area contributed by atoms with E-state index < -0.39 is 0 Å². The molecule has 0 unspecified atom stereocenters. The van der Waals surface area contributed by atoms with Crippen molar-refractivity contribution < 1.29 is 9.59 Å². The number of nitrogens with zero attached hydrogens (tertiary/aromatic N) is 1. The Morgan fingerprint density at radius 1 is 1.00 bits per heavy atom. The standard InChI is InChI=1S/C22H25N3O2/c1-15-10-11-19(16(2)14-15)23-21(26)12-13-22(27)25-24-20-9-5-7-17-6-3-4-8-18(17)20/h3-4,6,8,10-11,14H,5,7,9,12-13H2,1-2H3,(H,23,26)(H,25,27).